The van der Waals surface area contributed by atoms with Crippen LogP contribution in [-0.4, -0.2) is 15.2 Å². The maximum atomic E-state index is 6.67. The van der Waals surface area contributed by atoms with Crippen LogP contribution in [0.3, 0.4) is 0 Å². The summed E-state index contributed by atoms with van der Waals surface area (Å²) in [5.74, 6) is 0.868. The molecule has 0 heterocycles. The Balaban J connectivity index is 2.13. The van der Waals surface area contributed by atoms with Crippen molar-refractivity contribution in [3.8, 4) is 5.75 Å². The van der Waals surface area contributed by atoms with Crippen molar-refractivity contribution in [2.45, 2.75) is 20.3 Å². The standard InChI is InChI=1S/C22H24O2Si/c1-3-19-12-11-13-20(18-19)24-25(23-4-2,21-14-7-5-8-15-21)22-16-9-6-10-17-22/h5-18H,3-4H2,1-2H3. The maximum Gasteiger partial charge on any atom is 0.468 e. The van der Waals surface area contributed by atoms with Crippen LogP contribution in [0.2, 0.25) is 0 Å². The Kier molecular flexibility index (Phi) is 5.69. The highest BCUT2D eigenvalue weighted by Gasteiger charge is 2.44. The zero-order chi connectivity index (χ0) is 17.5. The molecular weight excluding hydrogens is 324 g/mol. The van der Waals surface area contributed by atoms with Crippen molar-refractivity contribution in [1.82, 2.24) is 0 Å². The molecule has 0 saturated carbocycles. The second-order valence-electron chi connectivity index (χ2n) is 5.88. The summed E-state index contributed by atoms with van der Waals surface area (Å²) in [5.41, 5.74) is 1.26. The first-order valence-electron chi connectivity index (χ1n) is 8.81. The molecule has 0 aliphatic carbocycles. The van der Waals surface area contributed by atoms with Gasteiger partial charge in [-0.1, -0.05) is 79.7 Å². The topological polar surface area (TPSA) is 18.5 Å². The second kappa shape index (κ2) is 8.14. The fourth-order valence-corrected chi connectivity index (χ4v) is 6.08. The van der Waals surface area contributed by atoms with Crippen molar-refractivity contribution >= 4 is 18.9 Å². The van der Waals surface area contributed by atoms with Crippen LogP contribution in [0.5, 0.6) is 5.75 Å². The Morgan fingerprint density at radius 1 is 0.720 bits per heavy atom. The Labute approximate surface area is 151 Å². The molecule has 0 aliphatic rings. The maximum absolute atomic E-state index is 6.67. The van der Waals surface area contributed by atoms with Gasteiger partial charge in [-0.25, -0.2) is 0 Å². The highest BCUT2D eigenvalue weighted by atomic mass is 28.4. The summed E-state index contributed by atoms with van der Waals surface area (Å²) in [6, 6.07) is 29.0. The van der Waals surface area contributed by atoms with E-state index in [-0.39, 0.29) is 0 Å². The molecule has 3 aromatic rings. The molecule has 0 unspecified atom stereocenters. The van der Waals surface area contributed by atoms with Crippen LogP contribution in [0.15, 0.2) is 84.9 Å². The highest BCUT2D eigenvalue weighted by Crippen LogP contribution is 2.19. The summed E-state index contributed by atoms with van der Waals surface area (Å²) in [6.45, 7) is 4.78. The lowest BCUT2D eigenvalue weighted by atomic mass is 10.2. The van der Waals surface area contributed by atoms with Gasteiger partial charge < -0.3 is 8.85 Å². The summed E-state index contributed by atoms with van der Waals surface area (Å²) < 4.78 is 13.1. The first-order chi connectivity index (χ1) is 12.3. The quantitative estimate of drug-likeness (QED) is 0.603. The summed E-state index contributed by atoms with van der Waals surface area (Å²) in [4.78, 5) is 0. The molecule has 0 fully saturated rings. The smallest absolute Gasteiger partial charge is 0.468 e. The van der Waals surface area contributed by atoms with Crippen molar-refractivity contribution in [1.29, 1.82) is 0 Å². The number of aryl methyl sites for hydroxylation is 1. The van der Waals surface area contributed by atoms with E-state index in [1.807, 2.05) is 49.4 Å². The van der Waals surface area contributed by atoms with Crippen molar-refractivity contribution in [2.75, 3.05) is 6.61 Å². The van der Waals surface area contributed by atoms with E-state index in [0.717, 1.165) is 22.5 Å². The largest absolute Gasteiger partial charge is 0.514 e. The molecule has 0 aliphatic heterocycles. The van der Waals surface area contributed by atoms with Gasteiger partial charge in [-0.05, 0) is 31.0 Å². The van der Waals surface area contributed by atoms with E-state index < -0.39 is 8.56 Å². The molecule has 0 saturated heterocycles. The Hall–Kier alpha value is -2.36. The van der Waals surface area contributed by atoms with Crippen LogP contribution in [0.25, 0.3) is 0 Å². The van der Waals surface area contributed by atoms with E-state index in [0.29, 0.717) is 6.61 Å². The van der Waals surface area contributed by atoms with Gasteiger partial charge in [0.05, 0.1) is 0 Å². The number of benzene rings is 3. The molecule has 0 amide bonds. The lowest BCUT2D eigenvalue weighted by Gasteiger charge is -2.31. The minimum Gasteiger partial charge on any atom is -0.514 e. The van der Waals surface area contributed by atoms with Gasteiger partial charge in [0.1, 0.15) is 5.75 Å². The average molecular weight is 349 g/mol. The van der Waals surface area contributed by atoms with Gasteiger partial charge in [-0.3, -0.25) is 0 Å². The van der Waals surface area contributed by atoms with E-state index in [9.17, 15) is 0 Å². The van der Waals surface area contributed by atoms with Crippen LogP contribution >= 0.6 is 0 Å². The van der Waals surface area contributed by atoms with Crippen LogP contribution in [0, 0.1) is 0 Å². The van der Waals surface area contributed by atoms with E-state index in [4.69, 9.17) is 8.85 Å². The molecule has 3 aromatic carbocycles. The van der Waals surface area contributed by atoms with Crippen molar-refractivity contribution in [2.24, 2.45) is 0 Å². The summed E-state index contributed by atoms with van der Waals surface area (Å²) in [7, 11) is -2.82. The van der Waals surface area contributed by atoms with Gasteiger partial charge >= 0.3 is 8.56 Å². The lowest BCUT2D eigenvalue weighted by Crippen LogP contribution is -2.65. The summed E-state index contributed by atoms with van der Waals surface area (Å²) in [5, 5.41) is 2.23. The lowest BCUT2D eigenvalue weighted by molar-refractivity contribution is 0.276. The fourth-order valence-electron chi connectivity index (χ4n) is 2.99. The SMILES string of the molecule is CCO[Si](Oc1cccc(CC)c1)(c1ccccc1)c1ccccc1. The first-order valence-corrected chi connectivity index (χ1v) is 10.6. The zero-order valence-corrected chi connectivity index (χ0v) is 15.8. The van der Waals surface area contributed by atoms with Crippen LogP contribution < -0.4 is 14.8 Å². The molecular formula is C22H24O2Si. The normalized spacial score (nSPS) is 11.3. The number of rotatable bonds is 7. The molecule has 0 atom stereocenters. The minimum atomic E-state index is -2.82. The summed E-state index contributed by atoms with van der Waals surface area (Å²) >= 11 is 0. The highest BCUT2D eigenvalue weighted by molar-refractivity contribution is 6.93. The second-order valence-corrected chi connectivity index (χ2v) is 8.77. The molecule has 0 radical (unpaired) electrons. The molecule has 25 heavy (non-hydrogen) atoms. The predicted molar refractivity (Wildman–Crippen MR) is 106 cm³/mol. The Bertz CT molecular complexity index is 748. The molecule has 128 valence electrons. The molecule has 3 heteroatoms. The summed E-state index contributed by atoms with van der Waals surface area (Å²) in [6.07, 6.45) is 0.983. The van der Waals surface area contributed by atoms with E-state index in [1.165, 1.54) is 5.56 Å². The fraction of sp³-hybridized carbons (Fsp3) is 0.182. The monoisotopic (exact) mass is 348 g/mol. The van der Waals surface area contributed by atoms with Crippen molar-refractivity contribution in [3.63, 3.8) is 0 Å². The van der Waals surface area contributed by atoms with E-state index >= 15 is 0 Å². The minimum absolute atomic E-state index is 0.601. The first kappa shape index (κ1) is 17.5. The van der Waals surface area contributed by atoms with Crippen molar-refractivity contribution in [3.05, 3.63) is 90.5 Å². The molecule has 0 bridgehead atoms. The molecule has 2 nitrogen and oxygen atoms in total. The molecule has 0 spiro atoms. The average Bonchev–Trinajstić information content (AvgIpc) is 2.69. The third kappa shape index (κ3) is 3.84. The van der Waals surface area contributed by atoms with Gasteiger partial charge in [0.15, 0.2) is 0 Å². The third-order valence-electron chi connectivity index (χ3n) is 4.22. The predicted octanol–water partition coefficient (Wildman–Crippen LogP) is 3.92. The number of hydrogen-bond acceptors (Lipinski definition) is 2. The van der Waals surface area contributed by atoms with Gasteiger partial charge in [0.2, 0.25) is 0 Å². The van der Waals surface area contributed by atoms with Gasteiger partial charge in [-0.15, -0.1) is 0 Å². The van der Waals surface area contributed by atoms with Crippen LogP contribution in [0.1, 0.15) is 19.4 Å². The zero-order valence-electron chi connectivity index (χ0n) is 14.8. The van der Waals surface area contributed by atoms with Crippen LogP contribution in [-0.2, 0) is 10.8 Å². The Morgan fingerprint density at radius 2 is 1.32 bits per heavy atom. The van der Waals surface area contributed by atoms with Gasteiger partial charge in [0.25, 0.3) is 0 Å². The number of hydrogen-bond donors (Lipinski definition) is 0. The molecule has 3 rings (SSSR count). The van der Waals surface area contributed by atoms with Crippen molar-refractivity contribution < 1.29 is 8.85 Å². The Morgan fingerprint density at radius 3 is 1.84 bits per heavy atom. The third-order valence-corrected chi connectivity index (χ3v) is 7.63. The van der Waals surface area contributed by atoms with Gasteiger partial charge in [0, 0.05) is 17.0 Å². The van der Waals surface area contributed by atoms with E-state index in [2.05, 4.69) is 49.4 Å². The van der Waals surface area contributed by atoms with Crippen LogP contribution in [0.4, 0.5) is 0 Å². The molecule has 0 aromatic heterocycles. The van der Waals surface area contributed by atoms with Gasteiger partial charge in [-0.2, -0.15) is 0 Å². The van der Waals surface area contributed by atoms with E-state index in [1.54, 1.807) is 0 Å². The molecule has 0 N–H and O–H groups in total.